The normalized spacial score (nSPS) is 17.1. The summed E-state index contributed by atoms with van der Waals surface area (Å²) >= 11 is 0. The first-order chi connectivity index (χ1) is 13.6. The molecule has 0 saturated heterocycles. The van der Waals surface area contributed by atoms with Crippen LogP contribution in [0.1, 0.15) is 18.1 Å². The molecule has 2 nitrogen and oxygen atoms in total. The zero-order valence-corrected chi connectivity index (χ0v) is 15.8. The van der Waals surface area contributed by atoms with E-state index in [0.29, 0.717) is 0 Å². The van der Waals surface area contributed by atoms with Crippen LogP contribution in [0.25, 0.3) is 22.3 Å². The first-order valence-corrected chi connectivity index (χ1v) is 9.59. The molecule has 1 aliphatic rings. The molecule has 0 spiro atoms. The van der Waals surface area contributed by atoms with Crippen molar-refractivity contribution in [1.29, 1.82) is 0 Å². The first kappa shape index (κ1) is 16.8. The summed E-state index contributed by atoms with van der Waals surface area (Å²) in [6, 6.07) is 33.8. The second-order valence-electron chi connectivity index (χ2n) is 7.58. The molecule has 4 aromatic carbocycles. The van der Waals surface area contributed by atoms with Crippen LogP contribution in [0.5, 0.6) is 0 Å². The molecule has 0 aliphatic heterocycles. The highest BCUT2D eigenvalue weighted by atomic mass is 14.9. The third kappa shape index (κ3) is 2.70. The molecule has 0 heterocycles. The maximum absolute atomic E-state index is 6.72. The van der Waals surface area contributed by atoms with E-state index in [1.807, 2.05) is 6.07 Å². The summed E-state index contributed by atoms with van der Waals surface area (Å²) in [5.74, 6) is 0. The summed E-state index contributed by atoms with van der Waals surface area (Å²) in [4.78, 5) is 0. The van der Waals surface area contributed by atoms with Gasteiger partial charge in [-0.2, -0.15) is 0 Å². The van der Waals surface area contributed by atoms with Gasteiger partial charge in [-0.25, -0.2) is 0 Å². The molecule has 0 fully saturated rings. The minimum atomic E-state index is -0.471. The standard InChI is InChI=1S/C26H22N2/c1-26(27)24-10-6-5-9-22(24)23-16-15-21(17-25(23)26)28-20-13-11-19(12-14-20)18-7-3-2-4-8-18/h2-17,28H,27H2,1H3. The van der Waals surface area contributed by atoms with Crippen LogP contribution in [0.2, 0.25) is 0 Å². The van der Waals surface area contributed by atoms with Gasteiger partial charge in [-0.15, -0.1) is 0 Å². The van der Waals surface area contributed by atoms with Gasteiger partial charge < -0.3 is 11.1 Å². The van der Waals surface area contributed by atoms with Crippen molar-refractivity contribution in [3.8, 4) is 22.3 Å². The molecule has 28 heavy (non-hydrogen) atoms. The van der Waals surface area contributed by atoms with E-state index in [2.05, 4.69) is 103 Å². The lowest BCUT2D eigenvalue weighted by Gasteiger charge is -2.22. The topological polar surface area (TPSA) is 38.0 Å². The summed E-state index contributed by atoms with van der Waals surface area (Å²) in [5.41, 5.74) is 15.6. The van der Waals surface area contributed by atoms with Gasteiger partial charge in [-0.05, 0) is 64.6 Å². The summed E-state index contributed by atoms with van der Waals surface area (Å²) < 4.78 is 0. The number of benzene rings is 4. The number of nitrogens with one attached hydrogen (secondary N) is 1. The van der Waals surface area contributed by atoms with Crippen molar-refractivity contribution in [2.24, 2.45) is 5.73 Å². The van der Waals surface area contributed by atoms with Gasteiger partial charge in [0.1, 0.15) is 0 Å². The third-order valence-electron chi connectivity index (χ3n) is 5.64. The molecule has 4 aromatic rings. The fourth-order valence-electron chi connectivity index (χ4n) is 4.15. The van der Waals surface area contributed by atoms with E-state index in [9.17, 15) is 0 Å². The fraction of sp³-hybridized carbons (Fsp3) is 0.0769. The average Bonchev–Trinajstić information content (AvgIpc) is 2.97. The van der Waals surface area contributed by atoms with Gasteiger partial charge in [0.25, 0.3) is 0 Å². The van der Waals surface area contributed by atoms with Gasteiger partial charge in [0.15, 0.2) is 0 Å². The van der Waals surface area contributed by atoms with Crippen LogP contribution in [-0.4, -0.2) is 0 Å². The van der Waals surface area contributed by atoms with Gasteiger partial charge in [-0.1, -0.05) is 72.8 Å². The number of nitrogens with two attached hydrogens (primary N) is 1. The molecular weight excluding hydrogens is 340 g/mol. The average molecular weight is 362 g/mol. The fourth-order valence-corrected chi connectivity index (χ4v) is 4.15. The second kappa shape index (κ2) is 6.36. The van der Waals surface area contributed by atoms with E-state index in [1.54, 1.807) is 0 Å². The lowest BCUT2D eigenvalue weighted by Crippen LogP contribution is -2.31. The van der Waals surface area contributed by atoms with Crippen molar-refractivity contribution in [3.05, 3.63) is 108 Å². The van der Waals surface area contributed by atoms with Crippen molar-refractivity contribution in [3.63, 3.8) is 0 Å². The Bertz CT molecular complexity index is 1140. The Kier molecular flexibility index (Phi) is 3.81. The predicted octanol–water partition coefficient (Wildman–Crippen LogP) is 6.30. The molecule has 0 saturated carbocycles. The molecule has 0 aromatic heterocycles. The maximum atomic E-state index is 6.72. The Morgan fingerprint density at radius 3 is 2.00 bits per heavy atom. The van der Waals surface area contributed by atoms with Crippen LogP contribution in [0.4, 0.5) is 11.4 Å². The number of anilines is 2. The Hall–Kier alpha value is -3.36. The van der Waals surface area contributed by atoms with Gasteiger partial charge in [-0.3, -0.25) is 0 Å². The van der Waals surface area contributed by atoms with Crippen molar-refractivity contribution in [2.45, 2.75) is 12.5 Å². The van der Waals surface area contributed by atoms with Crippen LogP contribution in [0, 0.1) is 0 Å². The second-order valence-corrected chi connectivity index (χ2v) is 7.58. The lowest BCUT2D eigenvalue weighted by atomic mass is 9.91. The predicted molar refractivity (Wildman–Crippen MR) is 118 cm³/mol. The smallest absolute Gasteiger partial charge is 0.0649 e. The quantitative estimate of drug-likeness (QED) is 0.449. The Morgan fingerprint density at radius 1 is 0.607 bits per heavy atom. The summed E-state index contributed by atoms with van der Waals surface area (Å²) in [6.45, 7) is 2.09. The molecule has 1 atom stereocenters. The minimum Gasteiger partial charge on any atom is -0.356 e. The Morgan fingerprint density at radius 2 is 1.21 bits per heavy atom. The molecule has 5 rings (SSSR count). The van der Waals surface area contributed by atoms with Crippen LogP contribution >= 0.6 is 0 Å². The highest BCUT2D eigenvalue weighted by Crippen LogP contribution is 2.46. The summed E-state index contributed by atoms with van der Waals surface area (Å²) in [5, 5.41) is 3.52. The lowest BCUT2D eigenvalue weighted by molar-refractivity contribution is 0.621. The molecule has 0 amide bonds. The van der Waals surface area contributed by atoms with Crippen LogP contribution < -0.4 is 11.1 Å². The molecule has 1 unspecified atom stereocenters. The van der Waals surface area contributed by atoms with Crippen LogP contribution in [0.3, 0.4) is 0 Å². The SMILES string of the molecule is CC1(N)c2ccccc2-c2ccc(Nc3ccc(-c4ccccc4)cc3)cc21. The molecule has 0 bridgehead atoms. The van der Waals surface area contributed by atoms with Gasteiger partial charge in [0, 0.05) is 11.4 Å². The molecule has 3 N–H and O–H groups in total. The van der Waals surface area contributed by atoms with Gasteiger partial charge in [0.2, 0.25) is 0 Å². The largest absolute Gasteiger partial charge is 0.356 e. The van der Waals surface area contributed by atoms with Gasteiger partial charge in [0.05, 0.1) is 5.54 Å². The summed E-state index contributed by atoms with van der Waals surface area (Å²) in [7, 11) is 0. The number of rotatable bonds is 3. The highest BCUT2D eigenvalue weighted by molar-refractivity contribution is 5.82. The van der Waals surface area contributed by atoms with E-state index in [0.717, 1.165) is 11.4 Å². The van der Waals surface area contributed by atoms with E-state index < -0.39 is 5.54 Å². The Balaban J connectivity index is 1.44. The number of fused-ring (bicyclic) bond motifs is 3. The van der Waals surface area contributed by atoms with Gasteiger partial charge >= 0.3 is 0 Å². The van der Waals surface area contributed by atoms with Crippen molar-refractivity contribution >= 4 is 11.4 Å². The Labute approximate surface area is 165 Å². The molecule has 1 aliphatic carbocycles. The van der Waals surface area contributed by atoms with E-state index in [-0.39, 0.29) is 0 Å². The summed E-state index contributed by atoms with van der Waals surface area (Å²) in [6.07, 6.45) is 0. The zero-order chi connectivity index (χ0) is 19.1. The number of hydrogen-bond acceptors (Lipinski definition) is 2. The van der Waals surface area contributed by atoms with E-state index >= 15 is 0 Å². The molecule has 2 heteroatoms. The van der Waals surface area contributed by atoms with Crippen molar-refractivity contribution in [2.75, 3.05) is 5.32 Å². The monoisotopic (exact) mass is 362 g/mol. The molecule has 136 valence electrons. The molecule has 0 radical (unpaired) electrons. The number of hydrogen-bond donors (Lipinski definition) is 2. The zero-order valence-electron chi connectivity index (χ0n) is 15.8. The first-order valence-electron chi connectivity index (χ1n) is 9.59. The minimum absolute atomic E-state index is 0.471. The molecular formula is C26H22N2. The van der Waals surface area contributed by atoms with Crippen molar-refractivity contribution in [1.82, 2.24) is 0 Å². The van der Waals surface area contributed by atoms with E-state index in [4.69, 9.17) is 5.73 Å². The third-order valence-corrected chi connectivity index (χ3v) is 5.64. The van der Waals surface area contributed by atoms with Crippen molar-refractivity contribution < 1.29 is 0 Å². The van der Waals surface area contributed by atoms with Crippen LogP contribution in [-0.2, 0) is 5.54 Å². The maximum Gasteiger partial charge on any atom is 0.0649 e. The van der Waals surface area contributed by atoms with Crippen LogP contribution in [0.15, 0.2) is 97.1 Å². The van der Waals surface area contributed by atoms with E-state index in [1.165, 1.54) is 33.4 Å². The highest BCUT2D eigenvalue weighted by Gasteiger charge is 2.35.